The van der Waals surface area contributed by atoms with Gasteiger partial charge < -0.3 is 0 Å². The van der Waals surface area contributed by atoms with Gasteiger partial charge >= 0.3 is 0 Å². The summed E-state index contributed by atoms with van der Waals surface area (Å²) in [6, 6.07) is 3.78. The van der Waals surface area contributed by atoms with E-state index in [0.29, 0.717) is 5.65 Å². The normalized spacial score (nSPS) is 12.0. The van der Waals surface area contributed by atoms with Crippen LogP contribution in [0.15, 0.2) is 23.1 Å². The molecule has 0 saturated carbocycles. The maximum absolute atomic E-state index is 11.9. The Kier molecular flexibility index (Phi) is 2.30. The van der Waals surface area contributed by atoms with Crippen molar-refractivity contribution in [1.29, 1.82) is 0 Å². The highest BCUT2D eigenvalue weighted by Gasteiger charge is 2.18. The summed E-state index contributed by atoms with van der Waals surface area (Å²) >= 11 is 0. The predicted octanol–water partition coefficient (Wildman–Crippen LogP) is 1.85. The molecule has 0 aromatic carbocycles. The van der Waals surface area contributed by atoms with Crippen LogP contribution in [-0.2, 0) is 5.54 Å². The number of aryl methyl sites for hydroxylation is 1. The Bertz CT molecular complexity index is 593. The van der Waals surface area contributed by atoms with Crippen LogP contribution in [-0.4, -0.2) is 14.5 Å². The molecule has 0 spiro atoms. The molecule has 0 saturated heterocycles. The topological polar surface area (TPSA) is 47.8 Å². The van der Waals surface area contributed by atoms with E-state index in [2.05, 4.69) is 9.97 Å². The molecule has 0 aliphatic carbocycles. The van der Waals surface area contributed by atoms with Crippen molar-refractivity contribution < 1.29 is 0 Å². The van der Waals surface area contributed by atoms with Gasteiger partial charge in [0.05, 0.1) is 6.20 Å². The number of rotatable bonds is 0. The van der Waals surface area contributed by atoms with Gasteiger partial charge in [0.15, 0.2) is 5.65 Å². The lowest BCUT2D eigenvalue weighted by atomic mass is 10.1. The van der Waals surface area contributed by atoms with Crippen molar-refractivity contribution in [2.24, 2.45) is 0 Å². The molecule has 0 aliphatic heterocycles. The van der Waals surface area contributed by atoms with E-state index in [9.17, 15) is 4.79 Å². The zero-order chi connectivity index (χ0) is 11.9. The van der Waals surface area contributed by atoms with Crippen molar-refractivity contribution in [1.82, 2.24) is 14.5 Å². The molecular weight excluding hydrogens is 202 g/mol. The number of nitrogens with zero attached hydrogens (tertiary/aromatic N) is 3. The molecule has 0 bridgehead atoms. The summed E-state index contributed by atoms with van der Waals surface area (Å²) in [6.45, 7) is 7.86. The summed E-state index contributed by atoms with van der Waals surface area (Å²) in [5.74, 6) is 0. The first-order valence-electron chi connectivity index (χ1n) is 5.25. The van der Waals surface area contributed by atoms with E-state index in [0.717, 1.165) is 11.2 Å². The fourth-order valence-electron chi connectivity index (χ4n) is 1.74. The van der Waals surface area contributed by atoms with Gasteiger partial charge in [-0.1, -0.05) is 0 Å². The molecule has 84 valence electrons. The zero-order valence-corrected chi connectivity index (χ0v) is 9.98. The SMILES string of the molecule is Cc1ccc2ncc(=O)n(C(C)(C)C)c2n1. The number of pyridine rings is 1. The lowest BCUT2D eigenvalue weighted by Crippen LogP contribution is -2.34. The highest BCUT2D eigenvalue weighted by molar-refractivity contribution is 5.70. The highest BCUT2D eigenvalue weighted by atomic mass is 16.1. The van der Waals surface area contributed by atoms with Crippen molar-refractivity contribution in [3.05, 3.63) is 34.4 Å². The predicted molar refractivity (Wildman–Crippen MR) is 63.5 cm³/mol. The van der Waals surface area contributed by atoms with Crippen molar-refractivity contribution in [3.63, 3.8) is 0 Å². The average molecular weight is 217 g/mol. The summed E-state index contributed by atoms with van der Waals surface area (Å²) < 4.78 is 1.68. The lowest BCUT2D eigenvalue weighted by Gasteiger charge is -2.23. The van der Waals surface area contributed by atoms with Gasteiger partial charge in [-0.2, -0.15) is 0 Å². The molecule has 0 amide bonds. The van der Waals surface area contributed by atoms with Gasteiger partial charge in [0.2, 0.25) is 0 Å². The lowest BCUT2D eigenvalue weighted by molar-refractivity contribution is 0.394. The van der Waals surface area contributed by atoms with Gasteiger partial charge in [0, 0.05) is 11.2 Å². The molecule has 0 radical (unpaired) electrons. The van der Waals surface area contributed by atoms with Crippen LogP contribution in [0.1, 0.15) is 26.5 Å². The van der Waals surface area contributed by atoms with Crippen molar-refractivity contribution >= 4 is 11.2 Å². The third-order valence-electron chi connectivity index (χ3n) is 2.41. The van der Waals surface area contributed by atoms with Crippen molar-refractivity contribution in [2.45, 2.75) is 33.2 Å². The zero-order valence-electron chi connectivity index (χ0n) is 9.98. The average Bonchev–Trinajstić information content (AvgIpc) is 2.14. The minimum absolute atomic E-state index is 0.113. The highest BCUT2D eigenvalue weighted by Crippen LogP contribution is 2.16. The molecule has 2 heterocycles. The van der Waals surface area contributed by atoms with Crippen LogP contribution in [0.5, 0.6) is 0 Å². The molecule has 0 N–H and O–H groups in total. The minimum atomic E-state index is -0.293. The quantitative estimate of drug-likeness (QED) is 0.676. The van der Waals surface area contributed by atoms with Crippen LogP contribution < -0.4 is 5.56 Å². The second kappa shape index (κ2) is 3.40. The molecule has 0 fully saturated rings. The Morgan fingerprint density at radius 1 is 1.25 bits per heavy atom. The van der Waals surface area contributed by atoms with E-state index < -0.39 is 0 Å². The standard InChI is InChI=1S/C12H15N3O/c1-8-5-6-9-11(14-8)15(12(2,3)4)10(16)7-13-9/h5-7H,1-4H3. The monoisotopic (exact) mass is 217 g/mol. The summed E-state index contributed by atoms with van der Waals surface area (Å²) in [7, 11) is 0. The fourth-order valence-corrected chi connectivity index (χ4v) is 1.74. The van der Waals surface area contributed by atoms with Crippen molar-refractivity contribution in [3.8, 4) is 0 Å². The summed E-state index contributed by atoms with van der Waals surface area (Å²) in [5.41, 5.74) is 1.88. The number of aromatic nitrogens is 3. The van der Waals surface area contributed by atoms with Gasteiger partial charge in [0.25, 0.3) is 5.56 Å². The largest absolute Gasteiger partial charge is 0.285 e. The van der Waals surface area contributed by atoms with Crippen LogP contribution in [0.4, 0.5) is 0 Å². The first-order valence-corrected chi connectivity index (χ1v) is 5.25. The first-order chi connectivity index (χ1) is 7.39. The summed E-state index contributed by atoms with van der Waals surface area (Å²) in [4.78, 5) is 20.4. The van der Waals surface area contributed by atoms with E-state index in [1.54, 1.807) is 4.57 Å². The second-order valence-corrected chi connectivity index (χ2v) is 4.90. The Morgan fingerprint density at radius 3 is 2.56 bits per heavy atom. The summed E-state index contributed by atoms with van der Waals surface area (Å²) in [6.07, 6.45) is 1.35. The number of hydrogen-bond donors (Lipinski definition) is 0. The van der Waals surface area contributed by atoms with Crippen LogP contribution in [0.2, 0.25) is 0 Å². The number of hydrogen-bond acceptors (Lipinski definition) is 3. The first kappa shape index (κ1) is 10.8. The maximum Gasteiger partial charge on any atom is 0.271 e. The van der Waals surface area contributed by atoms with E-state index in [1.165, 1.54) is 6.20 Å². The van der Waals surface area contributed by atoms with E-state index in [4.69, 9.17) is 0 Å². The smallest absolute Gasteiger partial charge is 0.271 e. The molecule has 2 aromatic rings. The third kappa shape index (κ3) is 1.71. The van der Waals surface area contributed by atoms with Crippen LogP contribution in [0.3, 0.4) is 0 Å². The Morgan fingerprint density at radius 2 is 1.94 bits per heavy atom. The Balaban J connectivity index is 2.94. The van der Waals surface area contributed by atoms with Gasteiger partial charge in [-0.15, -0.1) is 0 Å². The van der Waals surface area contributed by atoms with Crippen LogP contribution in [0.25, 0.3) is 11.2 Å². The molecule has 0 aliphatic rings. The number of fused-ring (bicyclic) bond motifs is 1. The molecule has 0 atom stereocenters. The molecule has 2 aromatic heterocycles. The molecular formula is C12H15N3O. The molecule has 0 unspecified atom stereocenters. The molecule has 4 heteroatoms. The van der Waals surface area contributed by atoms with Gasteiger partial charge in [-0.25, -0.2) is 9.97 Å². The maximum atomic E-state index is 11.9. The van der Waals surface area contributed by atoms with E-state index in [-0.39, 0.29) is 11.1 Å². The van der Waals surface area contributed by atoms with Gasteiger partial charge in [-0.05, 0) is 39.8 Å². The van der Waals surface area contributed by atoms with Gasteiger partial charge in [-0.3, -0.25) is 9.36 Å². The van der Waals surface area contributed by atoms with Crippen LogP contribution in [0, 0.1) is 6.92 Å². The molecule has 2 rings (SSSR count). The molecule has 4 nitrogen and oxygen atoms in total. The van der Waals surface area contributed by atoms with Gasteiger partial charge in [0.1, 0.15) is 5.52 Å². The Hall–Kier alpha value is -1.71. The van der Waals surface area contributed by atoms with E-state index >= 15 is 0 Å². The minimum Gasteiger partial charge on any atom is -0.285 e. The third-order valence-corrected chi connectivity index (χ3v) is 2.41. The fraction of sp³-hybridized carbons (Fsp3) is 0.417. The van der Waals surface area contributed by atoms with Crippen molar-refractivity contribution in [2.75, 3.05) is 0 Å². The van der Waals surface area contributed by atoms with E-state index in [1.807, 2.05) is 39.8 Å². The Labute approximate surface area is 94.0 Å². The molecule has 16 heavy (non-hydrogen) atoms. The second-order valence-electron chi connectivity index (χ2n) is 4.90. The van der Waals surface area contributed by atoms with Crippen LogP contribution >= 0.6 is 0 Å². The summed E-state index contributed by atoms with van der Waals surface area (Å²) in [5, 5.41) is 0.